The van der Waals surface area contributed by atoms with Crippen LogP contribution in [0.1, 0.15) is 62.1 Å². The maximum atomic E-state index is 13.0. The molecule has 0 atom stereocenters. The number of esters is 5. The molecule has 0 aliphatic carbocycles. The summed E-state index contributed by atoms with van der Waals surface area (Å²) in [7, 11) is 2.29. The summed E-state index contributed by atoms with van der Waals surface area (Å²) in [5.74, 6) is -5.27. The first-order valence-corrected chi connectivity index (χ1v) is 12.3. The van der Waals surface area contributed by atoms with Crippen LogP contribution in [0.5, 0.6) is 0 Å². The Labute approximate surface area is 239 Å². The molecular weight excluding hydrogens is 552 g/mol. The monoisotopic (exact) mass is 578 g/mol. The number of methoxy groups -OCH3 is 2. The number of hydrogen-bond acceptors (Lipinski definition) is 12. The number of carbonyl (C=O) groups is 6. The van der Waals surface area contributed by atoms with Gasteiger partial charge in [0.2, 0.25) is 0 Å². The Kier molecular flexibility index (Phi) is 11.0. The highest BCUT2D eigenvalue weighted by Crippen LogP contribution is 2.16. The first kappa shape index (κ1) is 31.2. The second-order valence-corrected chi connectivity index (χ2v) is 8.43. The molecule has 0 bridgehead atoms. The van der Waals surface area contributed by atoms with Crippen LogP contribution in [0.15, 0.2) is 72.8 Å². The van der Waals surface area contributed by atoms with E-state index in [9.17, 15) is 33.9 Å². The van der Waals surface area contributed by atoms with Crippen LogP contribution in [0.25, 0.3) is 0 Å². The number of Topliss-reactive ketones (excluding diaryl/α,β-unsaturated/α-hetero) is 1. The highest BCUT2D eigenvalue weighted by atomic mass is 16.6. The number of carbonyl (C=O) groups excluding carboxylic acids is 6. The van der Waals surface area contributed by atoms with Gasteiger partial charge in [-0.05, 0) is 30.3 Å². The standard InChI is InChI=1S/C30H26O12/c1-38-26(33)21-11-5-7-13-23(21)28(35)40-16-18(42-30(37)20-10-4-3-9-19(20)25(32)15-31)17-41-29(36)24-14-8-6-12-22(24)27(34)39-2/h3-14,18,31H,15-17H2,1-2H3. The third-order valence-corrected chi connectivity index (χ3v) is 5.77. The third kappa shape index (κ3) is 7.64. The smallest absolute Gasteiger partial charge is 0.339 e. The van der Waals surface area contributed by atoms with Gasteiger partial charge < -0.3 is 28.8 Å². The number of aliphatic hydroxyl groups is 1. The number of ether oxygens (including phenoxy) is 5. The SMILES string of the molecule is COC(=O)c1ccccc1C(=O)OCC(COC(=O)c1ccccc1C(=O)OC)OC(=O)c1ccccc1C(=O)CO. The van der Waals surface area contributed by atoms with Crippen molar-refractivity contribution in [1.29, 1.82) is 0 Å². The van der Waals surface area contributed by atoms with Crippen molar-refractivity contribution in [3.05, 3.63) is 106 Å². The summed E-state index contributed by atoms with van der Waals surface area (Å²) in [6, 6.07) is 17.0. The molecule has 0 fully saturated rings. The van der Waals surface area contributed by atoms with E-state index in [2.05, 4.69) is 9.47 Å². The maximum Gasteiger partial charge on any atom is 0.339 e. The summed E-state index contributed by atoms with van der Waals surface area (Å²) in [5, 5.41) is 9.26. The topological polar surface area (TPSA) is 169 Å². The van der Waals surface area contributed by atoms with Gasteiger partial charge in [0.05, 0.1) is 42.0 Å². The van der Waals surface area contributed by atoms with Crippen LogP contribution < -0.4 is 0 Å². The molecule has 3 aromatic carbocycles. The van der Waals surface area contributed by atoms with Gasteiger partial charge in [-0.25, -0.2) is 24.0 Å². The first-order valence-electron chi connectivity index (χ1n) is 12.3. The first-order chi connectivity index (χ1) is 20.2. The maximum absolute atomic E-state index is 13.0. The second kappa shape index (κ2) is 14.9. The van der Waals surface area contributed by atoms with Gasteiger partial charge in [0.25, 0.3) is 0 Å². The Bertz CT molecular complexity index is 1420. The number of rotatable bonds is 12. The molecule has 0 radical (unpaired) electrons. The molecule has 0 aliphatic rings. The number of benzene rings is 3. The lowest BCUT2D eigenvalue weighted by atomic mass is 10.0. The Morgan fingerprint density at radius 1 is 0.548 bits per heavy atom. The van der Waals surface area contributed by atoms with Crippen molar-refractivity contribution in [3.63, 3.8) is 0 Å². The molecule has 0 saturated heterocycles. The van der Waals surface area contributed by atoms with Gasteiger partial charge in [0.1, 0.15) is 19.8 Å². The van der Waals surface area contributed by atoms with Crippen LogP contribution in [0.4, 0.5) is 0 Å². The van der Waals surface area contributed by atoms with Gasteiger partial charge in [-0.15, -0.1) is 0 Å². The number of hydrogen-bond donors (Lipinski definition) is 1. The van der Waals surface area contributed by atoms with E-state index in [1.165, 1.54) is 72.8 Å². The van der Waals surface area contributed by atoms with Gasteiger partial charge in [-0.3, -0.25) is 4.79 Å². The fourth-order valence-electron chi connectivity index (χ4n) is 3.71. The highest BCUT2D eigenvalue weighted by Gasteiger charge is 2.26. The van der Waals surface area contributed by atoms with Crippen molar-refractivity contribution >= 4 is 35.6 Å². The molecule has 0 amide bonds. The predicted octanol–water partition coefficient (Wildman–Crippen LogP) is 2.67. The lowest BCUT2D eigenvalue weighted by Gasteiger charge is -2.19. The Hall–Kier alpha value is -5.36. The minimum absolute atomic E-state index is 0.0687. The molecule has 3 aromatic rings. The predicted molar refractivity (Wildman–Crippen MR) is 143 cm³/mol. The second-order valence-electron chi connectivity index (χ2n) is 8.43. The quantitative estimate of drug-likeness (QED) is 0.190. The average molecular weight is 579 g/mol. The van der Waals surface area contributed by atoms with Gasteiger partial charge in [-0.2, -0.15) is 0 Å². The van der Waals surface area contributed by atoms with E-state index in [0.717, 1.165) is 14.2 Å². The number of aliphatic hydroxyl groups excluding tert-OH is 1. The van der Waals surface area contributed by atoms with Crippen molar-refractivity contribution in [2.24, 2.45) is 0 Å². The molecule has 1 N–H and O–H groups in total. The van der Waals surface area contributed by atoms with E-state index >= 15 is 0 Å². The van der Waals surface area contributed by atoms with E-state index in [4.69, 9.17) is 14.2 Å². The molecular formula is C30H26O12. The van der Waals surface area contributed by atoms with Crippen molar-refractivity contribution in [3.8, 4) is 0 Å². The van der Waals surface area contributed by atoms with E-state index in [-0.39, 0.29) is 33.4 Å². The largest absolute Gasteiger partial charge is 0.465 e. The fourth-order valence-corrected chi connectivity index (χ4v) is 3.71. The zero-order valence-corrected chi connectivity index (χ0v) is 22.6. The average Bonchev–Trinajstić information content (AvgIpc) is 3.04. The summed E-state index contributed by atoms with van der Waals surface area (Å²) in [6.45, 7) is -2.13. The van der Waals surface area contributed by atoms with Crippen molar-refractivity contribution < 1.29 is 57.6 Å². The van der Waals surface area contributed by atoms with E-state index in [0.29, 0.717) is 0 Å². The fraction of sp³-hybridized carbons (Fsp3) is 0.200. The van der Waals surface area contributed by atoms with Crippen molar-refractivity contribution in [2.45, 2.75) is 6.10 Å². The zero-order chi connectivity index (χ0) is 30.6. The van der Waals surface area contributed by atoms with E-state index in [1.54, 1.807) is 0 Å². The molecule has 12 nitrogen and oxygen atoms in total. The normalized spacial score (nSPS) is 10.4. The summed E-state index contributed by atoms with van der Waals surface area (Å²) < 4.78 is 25.4. The van der Waals surface area contributed by atoms with Crippen molar-refractivity contribution in [1.82, 2.24) is 0 Å². The molecule has 0 saturated carbocycles. The lowest BCUT2D eigenvalue weighted by Crippen LogP contribution is -2.32. The minimum atomic E-state index is -1.40. The van der Waals surface area contributed by atoms with Crippen molar-refractivity contribution in [2.75, 3.05) is 34.0 Å². The van der Waals surface area contributed by atoms with E-state index < -0.39 is 61.6 Å². The number of ketones is 1. The molecule has 42 heavy (non-hydrogen) atoms. The molecule has 0 aromatic heterocycles. The molecule has 0 unspecified atom stereocenters. The Morgan fingerprint density at radius 3 is 1.24 bits per heavy atom. The molecule has 0 spiro atoms. The van der Waals surface area contributed by atoms with Crippen LogP contribution in [0, 0.1) is 0 Å². The summed E-state index contributed by atoms with van der Waals surface area (Å²) in [5.41, 5.74) is -0.695. The molecule has 0 aliphatic heterocycles. The molecule has 3 rings (SSSR count). The van der Waals surface area contributed by atoms with Gasteiger partial charge in [0, 0.05) is 5.56 Å². The molecule has 0 heterocycles. The van der Waals surface area contributed by atoms with Gasteiger partial charge >= 0.3 is 29.8 Å². The van der Waals surface area contributed by atoms with Crippen LogP contribution in [0.3, 0.4) is 0 Å². The third-order valence-electron chi connectivity index (χ3n) is 5.77. The zero-order valence-electron chi connectivity index (χ0n) is 22.6. The minimum Gasteiger partial charge on any atom is -0.465 e. The molecule has 218 valence electrons. The van der Waals surface area contributed by atoms with Crippen LogP contribution >= 0.6 is 0 Å². The summed E-state index contributed by atoms with van der Waals surface area (Å²) in [4.78, 5) is 75.0. The lowest BCUT2D eigenvalue weighted by molar-refractivity contribution is -0.0255. The van der Waals surface area contributed by atoms with Crippen LogP contribution in [-0.4, -0.2) is 80.9 Å². The summed E-state index contributed by atoms with van der Waals surface area (Å²) >= 11 is 0. The van der Waals surface area contributed by atoms with Gasteiger partial charge in [-0.1, -0.05) is 42.5 Å². The summed E-state index contributed by atoms with van der Waals surface area (Å²) in [6.07, 6.45) is -1.40. The van der Waals surface area contributed by atoms with E-state index in [1.807, 2.05) is 0 Å². The highest BCUT2D eigenvalue weighted by molar-refractivity contribution is 6.07. The molecule has 12 heteroatoms. The Balaban J connectivity index is 1.84. The van der Waals surface area contributed by atoms with Gasteiger partial charge in [0.15, 0.2) is 11.9 Å². The van der Waals surface area contributed by atoms with Crippen LogP contribution in [0.2, 0.25) is 0 Å². The Morgan fingerprint density at radius 2 is 0.881 bits per heavy atom. The van der Waals surface area contributed by atoms with Crippen LogP contribution in [-0.2, 0) is 23.7 Å².